The van der Waals surface area contributed by atoms with Crippen LogP contribution in [0.2, 0.25) is 0 Å². The van der Waals surface area contributed by atoms with Crippen molar-refractivity contribution in [3.05, 3.63) is 36.5 Å². The number of phosphoric ester groups is 1. The lowest BCUT2D eigenvalue weighted by Crippen LogP contribution is -2.45. The highest BCUT2D eigenvalue weighted by molar-refractivity contribution is 7.47. The first-order chi connectivity index (χ1) is 27.5. The summed E-state index contributed by atoms with van der Waals surface area (Å²) in [5.41, 5.74) is 0. The van der Waals surface area contributed by atoms with Crippen LogP contribution in [-0.2, 0) is 18.4 Å². The topological polar surface area (TPSA) is 105 Å². The van der Waals surface area contributed by atoms with Crippen molar-refractivity contribution in [2.75, 3.05) is 40.9 Å². The van der Waals surface area contributed by atoms with Gasteiger partial charge in [-0.25, -0.2) is 4.57 Å². The molecule has 0 aliphatic rings. The number of aliphatic hydroxyl groups is 1. The number of hydrogen-bond acceptors (Lipinski definition) is 5. The lowest BCUT2D eigenvalue weighted by atomic mass is 10.0. The van der Waals surface area contributed by atoms with Crippen LogP contribution in [0.4, 0.5) is 0 Å². The van der Waals surface area contributed by atoms with Crippen LogP contribution in [0.1, 0.15) is 213 Å². The third-order valence-corrected chi connectivity index (χ3v) is 11.6. The normalized spacial score (nSPS) is 14.6. The number of nitrogens with zero attached hydrogens (tertiary/aromatic N) is 1. The summed E-state index contributed by atoms with van der Waals surface area (Å²) >= 11 is 0. The largest absolute Gasteiger partial charge is 0.472 e. The number of carbonyl (C=O) groups is 1. The van der Waals surface area contributed by atoms with Gasteiger partial charge in [0.05, 0.1) is 39.9 Å². The predicted molar refractivity (Wildman–Crippen MR) is 244 cm³/mol. The molecular formula is C48H94N2O6P+. The molecule has 0 aliphatic carbocycles. The third kappa shape index (κ3) is 42.6. The van der Waals surface area contributed by atoms with Gasteiger partial charge in [0, 0.05) is 6.42 Å². The van der Waals surface area contributed by atoms with Gasteiger partial charge in [-0.15, -0.1) is 0 Å². The van der Waals surface area contributed by atoms with E-state index in [0.717, 1.165) is 51.4 Å². The van der Waals surface area contributed by atoms with Crippen molar-refractivity contribution in [3.63, 3.8) is 0 Å². The maximum atomic E-state index is 12.8. The van der Waals surface area contributed by atoms with Gasteiger partial charge in [-0.2, -0.15) is 0 Å². The van der Waals surface area contributed by atoms with E-state index < -0.39 is 20.0 Å². The molecule has 9 heteroatoms. The molecule has 0 aromatic heterocycles. The molecule has 3 unspecified atom stereocenters. The van der Waals surface area contributed by atoms with Gasteiger partial charge in [0.2, 0.25) is 5.91 Å². The zero-order valence-electron chi connectivity index (χ0n) is 38.1. The van der Waals surface area contributed by atoms with Crippen LogP contribution in [0.15, 0.2) is 36.5 Å². The SMILES string of the molecule is CCCC/C=C\CCCCCCCC(=O)NC(COP(=O)(O)OCC[N+](C)(C)C)C(O)/C=C/CC/C=C/CCCCCCCCCCCCCCCCCCCC. The number of unbranched alkanes of at least 4 members (excludes halogenated alkanes) is 26. The summed E-state index contributed by atoms with van der Waals surface area (Å²) in [6, 6.07) is -0.865. The second-order valence-corrected chi connectivity index (χ2v) is 18.9. The molecule has 0 aliphatic heterocycles. The molecule has 0 aromatic carbocycles. The van der Waals surface area contributed by atoms with E-state index in [4.69, 9.17) is 9.05 Å². The van der Waals surface area contributed by atoms with Crippen molar-refractivity contribution >= 4 is 13.7 Å². The molecule has 0 heterocycles. The van der Waals surface area contributed by atoms with Crippen LogP contribution in [0.3, 0.4) is 0 Å². The molecular weight excluding hydrogens is 732 g/mol. The van der Waals surface area contributed by atoms with Crippen molar-refractivity contribution in [1.29, 1.82) is 0 Å². The van der Waals surface area contributed by atoms with Gasteiger partial charge in [0.25, 0.3) is 0 Å². The van der Waals surface area contributed by atoms with E-state index in [1.165, 1.54) is 141 Å². The number of hydrogen-bond donors (Lipinski definition) is 3. The number of aliphatic hydroxyl groups excluding tert-OH is 1. The van der Waals surface area contributed by atoms with E-state index in [2.05, 4.69) is 43.5 Å². The number of allylic oxidation sites excluding steroid dienone is 5. The standard InChI is InChI=1S/C48H93N2O6P/c1-6-8-10-12-14-16-18-19-20-21-22-23-24-25-26-27-28-29-30-32-33-35-37-39-41-47(51)46(45-56-57(53,54)55-44-43-50(3,4)5)49-48(52)42-40-38-36-34-31-17-15-13-11-9-7-2/h13,15,32-33,39,41,46-47,51H,6-12,14,16-31,34-38,40,42-45H2,1-5H3,(H-,49,52,53,54)/p+1/b15-13-,33-32+,41-39+. The van der Waals surface area contributed by atoms with E-state index in [-0.39, 0.29) is 19.1 Å². The fourth-order valence-corrected chi connectivity index (χ4v) is 7.48. The number of phosphoric acid groups is 1. The zero-order valence-corrected chi connectivity index (χ0v) is 39.0. The molecule has 3 atom stereocenters. The molecule has 1 amide bonds. The predicted octanol–water partition coefficient (Wildman–Crippen LogP) is 13.5. The van der Waals surface area contributed by atoms with Crippen LogP contribution < -0.4 is 5.32 Å². The molecule has 0 fully saturated rings. The summed E-state index contributed by atoms with van der Waals surface area (Å²) < 4.78 is 23.5. The molecule has 336 valence electrons. The highest BCUT2D eigenvalue weighted by Crippen LogP contribution is 2.43. The van der Waals surface area contributed by atoms with Crippen molar-refractivity contribution < 1.29 is 32.9 Å². The van der Waals surface area contributed by atoms with E-state index in [1.54, 1.807) is 6.08 Å². The monoisotopic (exact) mass is 826 g/mol. The number of likely N-dealkylation sites (N-methyl/N-ethyl adjacent to an activating group) is 1. The number of rotatable bonds is 43. The average molecular weight is 826 g/mol. The molecule has 0 spiro atoms. The number of nitrogens with one attached hydrogen (secondary N) is 1. The Morgan fingerprint density at radius 2 is 0.982 bits per heavy atom. The van der Waals surface area contributed by atoms with Crippen molar-refractivity contribution in [1.82, 2.24) is 5.32 Å². The molecule has 0 aromatic rings. The van der Waals surface area contributed by atoms with Crippen LogP contribution in [0.25, 0.3) is 0 Å². The summed E-state index contributed by atoms with van der Waals surface area (Å²) in [5, 5.41) is 13.8. The Morgan fingerprint density at radius 1 is 0.579 bits per heavy atom. The Hall–Kier alpha value is -1.28. The Labute approximate surface area is 353 Å². The molecule has 8 nitrogen and oxygen atoms in total. The van der Waals surface area contributed by atoms with Crippen molar-refractivity contribution in [3.8, 4) is 0 Å². The fraction of sp³-hybridized carbons (Fsp3) is 0.854. The third-order valence-electron chi connectivity index (χ3n) is 10.6. The molecule has 0 radical (unpaired) electrons. The highest BCUT2D eigenvalue weighted by Gasteiger charge is 2.27. The Balaban J connectivity index is 4.31. The van der Waals surface area contributed by atoms with Crippen LogP contribution >= 0.6 is 7.82 Å². The van der Waals surface area contributed by atoms with Gasteiger partial charge in [-0.3, -0.25) is 13.8 Å². The second kappa shape index (κ2) is 40.1. The molecule has 0 saturated carbocycles. The Bertz CT molecular complexity index is 1030. The van der Waals surface area contributed by atoms with Gasteiger partial charge in [0.15, 0.2) is 0 Å². The van der Waals surface area contributed by atoms with Crippen molar-refractivity contribution in [2.24, 2.45) is 0 Å². The molecule has 0 saturated heterocycles. The van der Waals surface area contributed by atoms with Gasteiger partial charge in [0.1, 0.15) is 13.2 Å². The number of carbonyl (C=O) groups excluding carboxylic acids is 1. The summed E-state index contributed by atoms with van der Waals surface area (Å²) in [4.78, 5) is 23.1. The van der Waals surface area contributed by atoms with E-state index in [9.17, 15) is 19.4 Å². The van der Waals surface area contributed by atoms with Crippen LogP contribution in [0, 0.1) is 0 Å². The highest BCUT2D eigenvalue weighted by atomic mass is 31.2. The fourth-order valence-electron chi connectivity index (χ4n) is 6.74. The lowest BCUT2D eigenvalue weighted by molar-refractivity contribution is -0.870. The van der Waals surface area contributed by atoms with Gasteiger partial charge >= 0.3 is 7.82 Å². The van der Waals surface area contributed by atoms with E-state index in [1.807, 2.05) is 27.2 Å². The van der Waals surface area contributed by atoms with Crippen LogP contribution in [-0.4, -0.2) is 73.4 Å². The van der Waals surface area contributed by atoms with Crippen molar-refractivity contribution in [2.45, 2.75) is 225 Å². The quantitative estimate of drug-likeness (QED) is 0.0245. The number of quaternary nitrogens is 1. The zero-order chi connectivity index (χ0) is 42.1. The minimum atomic E-state index is -4.35. The van der Waals surface area contributed by atoms with Gasteiger partial charge in [-0.05, 0) is 51.4 Å². The molecule has 0 rings (SSSR count). The molecule has 57 heavy (non-hydrogen) atoms. The van der Waals surface area contributed by atoms with E-state index in [0.29, 0.717) is 17.4 Å². The first-order valence-electron chi connectivity index (χ1n) is 23.9. The Morgan fingerprint density at radius 3 is 1.46 bits per heavy atom. The Kier molecular flexibility index (Phi) is 39.2. The van der Waals surface area contributed by atoms with Gasteiger partial charge in [-0.1, -0.05) is 192 Å². The number of amides is 1. The summed E-state index contributed by atoms with van der Waals surface area (Å²) in [6.07, 6.45) is 49.5. The smallest absolute Gasteiger partial charge is 0.387 e. The lowest BCUT2D eigenvalue weighted by Gasteiger charge is -2.25. The average Bonchev–Trinajstić information content (AvgIpc) is 3.16. The summed E-state index contributed by atoms with van der Waals surface area (Å²) in [5.74, 6) is -0.198. The summed E-state index contributed by atoms with van der Waals surface area (Å²) in [7, 11) is 1.55. The minimum absolute atomic E-state index is 0.0545. The first kappa shape index (κ1) is 55.7. The minimum Gasteiger partial charge on any atom is -0.387 e. The van der Waals surface area contributed by atoms with E-state index >= 15 is 0 Å². The first-order valence-corrected chi connectivity index (χ1v) is 25.4. The maximum Gasteiger partial charge on any atom is 0.472 e. The summed E-state index contributed by atoms with van der Waals surface area (Å²) in [6.45, 7) is 4.75. The second-order valence-electron chi connectivity index (χ2n) is 17.5. The van der Waals surface area contributed by atoms with Crippen LogP contribution in [0.5, 0.6) is 0 Å². The molecule has 0 bridgehead atoms. The maximum absolute atomic E-state index is 12.8. The molecule has 3 N–H and O–H groups in total. The van der Waals surface area contributed by atoms with Gasteiger partial charge < -0.3 is 19.8 Å².